The Morgan fingerprint density at radius 1 is 1.00 bits per heavy atom. The molecular weight excluding hydrogens is 398 g/mol. The van der Waals surface area contributed by atoms with Crippen molar-refractivity contribution in [2.45, 2.75) is 33.6 Å². The number of ether oxygens (including phenoxy) is 2. The third kappa shape index (κ3) is 6.87. The predicted octanol–water partition coefficient (Wildman–Crippen LogP) is 3.06. The molecule has 0 saturated heterocycles. The first kappa shape index (κ1) is 24.0. The topological polar surface area (TPSA) is 89.9 Å². The minimum atomic E-state index is -0.491. The van der Waals surface area contributed by atoms with Crippen LogP contribution in [0.3, 0.4) is 0 Å². The monoisotopic (exact) mass is 429 g/mol. The van der Waals surface area contributed by atoms with Gasteiger partial charge in [0.05, 0.1) is 12.2 Å². The molecule has 2 rings (SSSR count). The van der Waals surface area contributed by atoms with Gasteiger partial charge in [0.2, 0.25) is 0 Å². The summed E-state index contributed by atoms with van der Waals surface area (Å²) in [6.07, 6.45) is 3.17. The molecule has 0 radical (unpaired) electrons. The number of nitrogens with one attached hydrogen (secondary N) is 1. The number of carbonyl (C=O) groups is 2. The zero-order valence-corrected chi connectivity index (χ0v) is 18.6. The first-order valence-corrected chi connectivity index (χ1v) is 10.5. The van der Waals surface area contributed by atoms with Crippen LogP contribution in [0.25, 0.3) is 0 Å². The third-order valence-electron chi connectivity index (χ3n) is 4.48. The maximum absolute atomic E-state index is 12.9. The average Bonchev–Trinajstić information content (AvgIpc) is 2.76. The quantitative estimate of drug-likeness (QED) is 0.593. The summed E-state index contributed by atoms with van der Waals surface area (Å²) in [5.41, 5.74) is -0.00294. The molecule has 0 spiro atoms. The average molecular weight is 430 g/mol. The molecule has 1 N–H and O–H groups in total. The van der Waals surface area contributed by atoms with Crippen LogP contribution in [0.5, 0.6) is 11.5 Å². The van der Waals surface area contributed by atoms with Gasteiger partial charge in [-0.1, -0.05) is 13.8 Å². The Morgan fingerprint density at radius 2 is 1.58 bits per heavy atom. The van der Waals surface area contributed by atoms with Crippen LogP contribution < -0.4 is 20.3 Å². The number of carbonyl (C=O) groups excluding carboxylic acids is 2. The number of aryl methyl sites for hydroxylation is 1. The van der Waals surface area contributed by atoms with Crippen molar-refractivity contribution >= 4 is 17.5 Å². The predicted molar refractivity (Wildman–Crippen MR) is 120 cm³/mol. The molecule has 0 saturated carbocycles. The Kier molecular flexibility index (Phi) is 9.12. The van der Waals surface area contributed by atoms with Crippen molar-refractivity contribution < 1.29 is 19.1 Å². The molecule has 8 nitrogen and oxygen atoms in total. The smallest absolute Gasteiger partial charge is 0.274 e. The van der Waals surface area contributed by atoms with E-state index in [1.807, 2.05) is 20.8 Å². The number of pyridine rings is 1. The first-order chi connectivity index (χ1) is 14.9. The van der Waals surface area contributed by atoms with Gasteiger partial charge in [0.1, 0.15) is 17.2 Å². The van der Waals surface area contributed by atoms with Gasteiger partial charge in [-0.3, -0.25) is 14.4 Å². The molecule has 0 unspecified atom stereocenters. The lowest BCUT2D eigenvalue weighted by Gasteiger charge is -2.22. The van der Waals surface area contributed by atoms with Crippen molar-refractivity contribution in [1.82, 2.24) is 9.47 Å². The molecule has 168 valence electrons. The van der Waals surface area contributed by atoms with Gasteiger partial charge in [0.15, 0.2) is 6.61 Å². The van der Waals surface area contributed by atoms with Gasteiger partial charge >= 0.3 is 0 Å². The van der Waals surface area contributed by atoms with Gasteiger partial charge in [0, 0.05) is 26.3 Å². The highest BCUT2D eigenvalue weighted by atomic mass is 16.5. The van der Waals surface area contributed by atoms with Crippen molar-refractivity contribution in [2.75, 3.05) is 31.6 Å². The molecule has 1 aromatic carbocycles. The van der Waals surface area contributed by atoms with Crippen LogP contribution in [0.2, 0.25) is 0 Å². The fourth-order valence-electron chi connectivity index (χ4n) is 3.09. The van der Waals surface area contributed by atoms with E-state index in [2.05, 4.69) is 5.32 Å². The number of rotatable bonds is 11. The van der Waals surface area contributed by atoms with Gasteiger partial charge in [0.25, 0.3) is 17.4 Å². The van der Waals surface area contributed by atoms with Gasteiger partial charge in [-0.05, 0) is 50.1 Å². The maximum atomic E-state index is 12.9. The van der Waals surface area contributed by atoms with Crippen molar-refractivity contribution in [2.24, 2.45) is 7.05 Å². The van der Waals surface area contributed by atoms with E-state index in [-0.39, 0.29) is 18.2 Å². The minimum absolute atomic E-state index is 0.0431. The highest BCUT2D eigenvalue weighted by Crippen LogP contribution is 2.17. The molecule has 1 heterocycles. The minimum Gasteiger partial charge on any atom is -0.494 e. The number of benzene rings is 1. The van der Waals surface area contributed by atoms with E-state index < -0.39 is 11.5 Å². The van der Waals surface area contributed by atoms with Crippen LogP contribution in [0.1, 0.15) is 44.0 Å². The Labute approximate surface area is 182 Å². The Morgan fingerprint density at radius 3 is 2.13 bits per heavy atom. The van der Waals surface area contributed by atoms with Crippen LogP contribution in [-0.4, -0.2) is 47.6 Å². The molecule has 0 fully saturated rings. The van der Waals surface area contributed by atoms with E-state index in [9.17, 15) is 14.4 Å². The first-order valence-electron chi connectivity index (χ1n) is 10.5. The molecule has 0 atom stereocenters. The number of hydrogen-bond donors (Lipinski definition) is 1. The maximum Gasteiger partial charge on any atom is 0.274 e. The molecule has 8 heteroatoms. The van der Waals surface area contributed by atoms with Crippen molar-refractivity contribution in [1.29, 1.82) is 0 Å². The van der Waals surface area contributed by atoms with E-state index in [0.29, 0.717) is 36.8 Å². The van der Waals surface area contributed by atoms with E-state index in [1.165, 1.54) is 16.8 Å². The van der Waals surface area contributed by atoms with Crippen molar-refractivity contribution in [3.8, 4) is 11.5 Å². The highest BCUT2D eigenvalue weighted by Gasteiger charge is 2.18. The van der Waals surface area contributed by atoms with Gasteiger partial charge in [-0.2, -0.15) is 0 Å². The van der Waals surface area contributed by atoms with E-state index in [0.717, 1.165) is 12.8 Å². The molecule has 0 bridgehead atoms. The zero-order chi connectivity index (χ0) is 22.8. The fraction of sp³-hybridized carbons (Fsp3) is 0.435. The SMILES string of the molecule is CCCN(CCC)C(=O)c1cc(NC(=O)COc2ccc(OCC)cc2)c(=O)n(C)c1. The lowest BCUT2D eigenvalue weighted by molar-refractivity contribution is -0.118. The summed E-state index contributed by atoms with van der Waals surface area (Å²) in [6, 6.07) is 8.33. The Balaban J connectivity index is 2.08. The third-order valence-corrected chi connectivity index (χ3v) is 4.48. The lowest BCUT2D eigenvalue weighted by Crippen LogP contribution is -2.34. The van der Waals surface area contributed by atoms with Crippen LogP contribution >= 0.6 is 0 Å². The molecular formula is C23H31N3O5. The normalized spacial score (nSPS) is 10.5. The van der Waals surface area contributed by atoms with Crippen LogP contribution in [0.15, 0.2) is 41.3 Å². The van der Waals surface area contributed by atoms with Crippen LogP contribution in [-0.2, 0) is 11.8 Å². The summed E-state index contributed by atoms with van der Waals surface area (Å²) in [5.74, 6) is 0.560. The second-order valence-electron chi connectivity index (χ2n) is 7.09. The number of nitrogens with zero attached hydrogens (tertiary/aromatic N) is 2. The molecule has 2 aromatic rings. The Bertz CT molecular complexity index is 931. The molecule has 2 amide bonds. The summed E-state index contributed by atoms with van der Waals surface area (Å²) in [5, 5.41) is 2.56. The van der Waals surface area contributed by atoms with Crippen molar-refractivity contribution in [3.05, 3.63) is 52.4 Å². The number of anilines is 1. The lowest BCUT2D eigenvalue weighted by atomic mass is 10.2. The van der Waals surface area contributed by atoms with E-state index in [4.69, 9.17) is 9.47 Å². The van der Waals surface area contributed by atoms with Gasteiger partial charge in [-0.25, -0.2) is 0 Å². The molecule has 31 heavy (non-hydrogen) atoms. The summed E-state index contributed by atoms with van der Waals surface area (Å²) in [6.45, 7) is 7.47. The fourth-order valence-corrected chi connectivity index (χ4v) is 3.09. The van der Waals surface area contributed by atoms with Crippen molar-refractivity contribution in [3.63, 3.8) is 0 Å². The van der Waals surface area contributed by atoms with Gasteiger partial charge in [-0.15, -0.1) is 0 Å². The molecule has 0 aliphatic heterocycles. The largest absolute Gasteiger partial charge is 0.494 e. The second kappa shape index (κ2) is 11.8. The summed E-state index contributed by atoms with van der Waals surface area (Å²) in [4.78, 5) is 39.4. The highest BCUT2D eigenvalue weighted by molar-refractivity contribution is 5.97. The summed E-state index contributed by atoms with van der Waals surface area (Å²) >= 11 is 0. The van der Waals surface area contributed by atoms with Gasteiger partial charge < -0.3 is 24.3 Å². The zero-order valence-electron chi connectivity index (χ0n) is 18.6. The summed E-state index contributed by atoms with van der Waals surface area (Å²) < 4.78 is 12.1. The second-order valence-corrected chi connectivity index (χ2v) is 7.09. The molecule has 1 aromatic heterocycles. The molecule has 0 aliphatic rings. The molecule has 0 aliphatic carbocycles. The number of hydrogen-bond acceptors (Lipinski definition) is 5. The van der Waals surface area contributed by atoms with Crippen LogP contribution in [0, 0.1) is 0 Å². The standard InChI is InChI=1S/C23H31N3O5/c1-5-12-26(13-6-2)22(28)17-14-20(23(29)25(4)15-17)24-21(27)16-31-19-10-8-18(9-11-19)30-7-3/h8-11,14-15H,5-7,12-13,16H2,1-4H3,(H,24,27). The van der Waals surface area contributed by atoms with E-state index in [1.54, 1.807) is 36.2 Å². The Hall–Kier alpha value is -3.29. The van der Waals surface area contributed by atoms with E-state index >= 15 is 0 Å². The number of aromatic nitrogens is 1. The van der Waals surface area contributed by atoms with Crippen LogP contribution in [0.4, 0.5) is 5.69 Å². The summed E-state index contributed by atoms with van der Waals surface area (Å²) in [7, 11) is 1.55. The number of amides is 2.